The van der Waals surface area contributed by atoms with E-state index in [0.29, 0.717) is 53.0 Å². The Kier molecular flexibility index (Phi) is 11.6. The van der Waals surface area contributed by atoms with Crippen LogP contribution in [0.3, 0.4) is 0 Å². The van der Waals surface area contributed by atoms with Gasteiger partial charge in [0.25, 0.3) is 0 Å². The molecule has 0 aliphatic heterocycles. The van der Waals surface area contributed by atoms with Crippen LogP contribution in [-0.2, 0) is 33.5 Å². The van der Waals surface area contributed by atoms with Gasteiger partial charge in [-0.25, -0.2) is 14.5 Å². The van der Waals surface area contributed by atoms with E-state index >= 15 is 0 Å². The highest BCUT2D eigenvalue weighted by molar-refractivity contribution is 14.1. The van der Waals surface area contributed by atoms with E-state index in [1.807, 2.05) is 39.3 Å². The number of ether oxygens (including phenoxy) is 1. The van der Waals surface area contributed by atoms with Gasteiger partial charge in [0.05, 0.1) is 22.0 Å². The fourth-order valence-electron chi connectivity index (χ4n) is 4.85. The van der Waals surface area contributed by atoms with Gasteiger partial charge in [-0.15, -0.1) is 0 Å². The number of hydrogen-bond donors (Lipinski definition) is 5. The van der Waals surface area contributed by atoms with Crippen molar-refractivity contribution in [2.45, 2.75) is 52.0 Å². The van der Waals surface area contributed by atoms with Gasteiger partial charge in [0.2, 0.25) is 5.91 Å². The van der Waals surface area contributed by atoms with E-state index in [-0.39, 0.29) is 24.0 Å². The number of anilines is 1. The second-order valence-electron chi connectivity index (χ2n) is 10.2. The van der Waals surface area contributed by atoms with Crippen LogP contribution in [0.15, 0.2) is 36.4 Å². The third kappa shape index (κ3) is 8.79. The minimum absolute atomic E-state index is 0.0281. The van der Waals surface area contributed by atoms with E-state index in [2.05, 4.69) is 23.3 Å². The maximum atomic E-state index is 11.4. The van der Waals surface area contributed by atoms with Crippen LogP contribution < -0.4 is 15.6 Å². The molecule has 1 amide bonds. The van der Waals surface area contributed by atoms with Gasteiger partial charge in [0.1, 0.15) is 11.3 Å². The third-order valence-electron chi connectivity index (χ3n) is 6.89. The first kappa shape index (κ1) is 32.9. The van der Waals surface area contributed by atoms with E-state index in [0.717, 1.165) is 54.4 Å². The SMILES string of the molecule is CCCCc1nc2c(N)nc3ccc(CCCOCCCNC(=O)CI)cc3c2n1Cc1cccc(OP(=O)(O)O)c1O. The molecule has 0 bridgehead atoms. The number of nitrogen functional groups attached to an aromatic ring is 1. The number of alkyl halides is 1. The maximum Gasteiger partial charge on any atom is 0.524 e. The summed E-state index contributed by atoms with van der Waals surface area (Å²) in [5, 5.41) is 14.6. The fourth-order valence-corrected chi connectivity index (χ4v) is 5.53. The maximum absolute atomic E-state index is 11.4. The average molecular weight is 726 g/mol. The Morgan fingerprint density at radius 3 is 2.65 bits per heavy atom. The number of amides is 1. The van der Waals surface area contributed by atoms with Crippen molar-refractivity contribution in [3.8, 4) is 11.5 Å². The summed E-state index contributed by atoms with van der Waals surface area (Å²) in [5.41, 5.74) is 9.94. The number of halogens is 1. The van der Waals surface area contributed by atoms with E-state index < -0.39 is 7.82 Å². The van der Waals surface area contributed by atoms with Crippen LogP contribution in [0.25, 0.3) is 21.9 Å². The highest BCUT2D eigenvalue weighted by Crippen LogP contribution is 2.43. The lowest BCUT2D eigenvalue weighted by atomic mass is 10.1. The number of unbranched alkanes of at least 4 members (excludes halogenated alkanes) is 1. The van der Waals surface area contributed by atoms with E-state index in [1.54, 1.807) is 12.1 Å². The van der Waals surface area contributed by atoms with Gasteiger partial charge >= 0.3 is 7.82 Å². The van der Waals surface area contributed by atoms with Gasteiger partial charge in [0.15, 0.2) is 17.3 Å². The predicted molar refractivity (Wildman–Crippen MR) is 174 cm³/mol. The molecule has 2 aromatic heterocycles. The molecule has 0 atom stereocenters. The number of nitrogens with one attached hydrogen (secondary N) is 1. The number of hydrogen-bond acceptors (Lipinski definition) is 8. The standard InChI is InChI=1S/C29H37IN5O7P/c1-2-3-10-24-34-26-27(35(24)18-20-8-4-9-23(28(20)37)42-43(38,39)40)21-16-19(11-12-22(21)33-29(26)31)7-5-14-41-15-6-13-32-25(36)17-30/h4,8-9,11-12,16,37H,2-3,5-7,10,13-15,17-18H2,1H3,(H2,31,33)(H,32,36)(H2,38,39,40). The number of carbonyl (C=O) groups is 1. The number of benzene rings is 2. The van der Waals surface area contributed by atoms with Crippen molar-refractivity contribution >= 4 is 64.1 Å². The second-order valence-corrected chi connectivity index (χ2v) is 12.1. The number of phenols is 1. The Balaban J connectivity index is 1.61. The molecule has 0 fully saturated rings. The molecule has 232 valence electrons. The van der Waals surface area contributed by atoms with Crippen LogP contribution in [-0.4, -0.2) is 59.5 Å². The molecule has 12 nitrogen and oxygen atoms in total. The Bertz CT molecular complexity index is 1620. The number of nitrogens with two attached hydrogens (primary N) is 1. The Hall–Kier alpha value is -2.97. The first-order valence-electron chi connectivity index (χ1n) is 14.1. The topological polar surface area (TPSA) is 182 Å². The summed E-state index contributed by atoms with van der Waals surface area (Å²) < 4.78 is 24.3. The zero-order valence-electron chi connectivity index (χ0n) is 24.0. The average Bonchev–Trinajstić information content (AvgIpc) is 3.33. The smallest absolute Gasteiger partial charge is 0.504 e. The van der Waals surface area contributed by atoms with Crippen molar-refractivity contribution in [1.82, 2.24) is 19.9 Å². The fraction of sp³-hybridized carbons (Fsp3) is 0.414. The number of phosphoric acid groups is 1. The summed E-state index contributed by atoms with van der Waals surface area (Å²) >= 11 is 2.03. The van der Waals surface area contributed by atoms with Crippen LogP contribution in [0.1, 0.15) is 49.6 Å². The zero-order chi connectivity index (χ0) is 31.0. The van der Waals surface area contributed by atoms with Crippen LogP contribution >= 0.6 is 30.4 Å². The molecule has 0 aliphatic carbocycles. The molecule has 2 aromatic carbocycles. The Labute approximate surface area is 263 Å². The number of carbonyl (C=O) groups excluding carboxylic acids is 1. The lowest BCUT2D eigenvalue weighted by Crippen LogP contribution is -2.25. The molecule has 14 heteroatoms. The summed E-state index contributed by atoms with van der Waals surface area (Å²) in [5.74, 6) is 0.449. The molecule has 4 aromatic rings. The molecular weight excluding hydrogens is 688 g/mol. The highest BCUT2D eigenvalue weighted by Gasteiger charge is 2.22. The van der Waals surface area contributed by atoms with E-state index in [9.17, 15) is 24.3 Å². The van der Waals surface area contributed by atoms with Gasteiger partial charge in [-0.1, -0.05) is 54.1 Å². The molecule has 0 radical (unpaired) electrons. The third-order valence-corrected chi connectivity index (χ3v) is 8.02. The van der Waals surface area contributed by atoms with Gasteiger partial charge in [-0.05, 0) is 49.4 Å². The van der Waals surface area contributed by atoms with E-state index in [4.69, 9.17) is 20.0 Å². The molecule has 0 unspecified atom stereocenters. The lowest BCUT2D eigenvalue weighted by Gasteiger charge is -2.15. The quantitative estimate of drug-likeness (QED) is 0.0473. The lowest BCUT2D eigenvalue weighted by molar-refractivity contribution is -0.118. The molecule has 4 rings (SSSR count). The molecule has 0 saturated carbocycles. The number of nitrogens with zero attached hydrogens (tertiary/aromatic N) is 3. The normalized spacial score (nSPS) is 11.8. The van der Waals surface area contributed by atoms with E-state index in [1.165, 1.54) is 6.07 Å². The number of pyridine rings is 1. The second kappa shape index (κ2) is 15.2. The van der Waals surface area contributed by atoms with Crippen molar-refractivity contribution in [2.24, 2.45) is 0 Å². The first-order valence-corrected chi connectivity index (χ1v) is 17.2. The number of aromatic hydroxyl groups is 1. The molecular formula is C29H37IN5O7P. The van der Waals surface area contributed by atoms with Crippen LogP contribution in [0.5, 0.6) is 11.5 Å². The van der Waals surface area contributed by atoms with Crippen molar-refractivity contribution < 1.29 is 33.5 Å². The molecule has 6 N–H and O–H groups in total. The largest absolute Gasteiger partial charge is 0.524 e. The number of aromatic nitrogens is 3. The van der Waals surface area contributed by atoms with Gasteiger partial charge < -0.3 is 30.0 Å². The minimum Gasteiger partial charge on any atom is -0.504 e. The van der Waals surface area contributed by atoms with Crippen LogP contribution in [0.2, 0.25) is 0 Å². The van der Waals surface area contributed by atoms with Gasteiger partial charge in [-0.3, -0.25) is 14.6 Å². The molecule has 43 heavy (non-hydrogen) atoms. The summed E-state index contributed by atoms with van der Waals surface area (Å²) in [6.07, 6.45) is 4.87. The molecule has 0 spiro atoms. The van der Waals surface area contributed by atoms with Crippen LogP contribution in [0.4, 0.5) is 5.82 Å². The van der Waals surface area contributed by atoms with Crippen molar-refractivity contribution in [3.05, 3.63) is 53.3 Å². The van der Waals surface area contributed by atoms with Crippen molar-refractivity contribution in [3.63, 3.8) is 0 Å². The molecule has 2 heterocycles. The minimum atomic E-state index is -4.87. The first-order chi connectivity index (χ1) is 20.6. The Morgan fingerprint density at radius 1 is 1.12 bits per heavy atom. The van der Waals surface area contributed by atoms with Crippen LogP contribution in [0, 0.1) is 0 Å². The summed E-state index contributed by atoms with van der Waals surface area (Å²) in [4.78, 5) is 39.3. The monoisotopic (exact) mass is 725 g/mol. The Morgan fingerprint density at radius 2 is 1.91 bits per heavy atom. The van der Waals surface area contributed by atoms with Gasteiger partial charge in [0, 0.05) is 37.1 Å². The molecule has 0 aliphatic rings. The summed E-state index contributed by atoms with van der Waals surface area (Å²) in [6, 6.07) is 10.6. The van der Waals surface area contributed by atoms with Crippen molar-refractivity contribution in [1.29, 1.82) is 0 Å². The zero-order valence-corrected chi connectivity index (χ0v) is 27.0. The van der Waals surface area contributed by atoms with Gasteiger partial charge in [-0.2, -0.15) is 0 Å². The number of fused-ring (bicyclic) bond motifs is 3. The predicted octanol–water partition coefficient (Wildman–Crippen LogP) is 4.63. The number of aryl methyl sites for hydroxylation is 2. The summed E-state index contributed by atoms with van der Waals surface area (Å²) in [6.45, 7) is 4.04. The number of rotatable bonds is 16. The number of para-hydroxylation sites is 1. The molecule has 0 saturated heterocycles. The number of phosphoric ester groups is 1. The van der Waals surface area contributed by atoms with Crippen molar-refractivity contribution in [2.75, 3.05) is 29.9 Å². The summed E-state index contributed by atoms with van der Waals surface area (Å²) in [7, 11) is -4.87. The number of imidazole rings is 1. The number of phenolic OH excluding ortho intramolecular Hbond substituents is 1. The highest BCUT2D eigenvalue weighted by atomic mass is 127.